The zero-order valence-corrected chi connectivity index (χ0v) is 17.7. The smallest absolute Gasteiger partial charge is 0.265 e. The molecule has 0 aromatic heterocycles. The summed E-state index contributed by atoms with van der Waals surface area (Å²) >= 11 is 6.16. The molecule has 0 radical (unpaired) electrons. The molecule has 0 spiro atoms. The molecule has 0 aliphatic carbocycles. The minimum atomic E-state index is -3.92. The molecule has 0 saturated heterocycles. The summed E-state index contributed by atoms with van der Waals surface area (Å²) in [6, 6.07) is 18.6. The van der Waals surface area contributed by atoms with Gasteiger partial charge < -0.3 is 10.1 Å². The number of anilines is 2. The van der Waals surface area contributed by atoms with Crippen molar-refractivity contribution in [2.45, 2.75) is 11.8 Å². The Bertz CT molecular complexity index is 1230. The number of hydrogen-bond donors (Lipinski definition) is 1. The first-order valence-electron chi connectivity index (χ1n) is 9.35. The first kappa shape index (κ1) is 20.3. The monoisotopic (exact) mass is 442 g/mol. The van der Waals surface area contributed by atoms with Gasteiger partial charge in [-0.2, -0.15) is 0 Å². The minimum Gasteiger partial charge on any atom is -0.492 e. The number of ether oxygens (including phenoxy) is 1. The van der Waals surface area contributed by atoms with E-state index in [4.69, 9.17) is 16.3 Å². The summed E-state index contributed by atoms with van der Waals surface area (Å²) in [6.45, 7) is 1.91. The topological polar surface area (TPSA) is 75.7 Å². The van der Waals surface area contributed by atoms with E-state index in [1.54, 1.807) is 60.7 Å². The summed E-state index contributed by atoms with van der Waals surface area (Å²) in [5, 5.41) is 3.23. The van der Waals surface area contributed by atoms with E-state index < -0.39 is 15.9 Å². The van der Waals surface area contributed by atoms with Crippen molar-refractivity contribution in [2.24, 2.45) is 0 Å². The standard InChI is InChI=1S/C22H19ClN2O4S/c1-2-29-20-9-5-4-8-18(20)24-22(26)14-25-19-12-11-15(23)13-17(19)16-7-3-6-10-21(16)30(25,27)28/h3-13H,2,14H2,1H3,(H,24,26). The molecule has 0 unspecified atom stereocenters. The fraction of sp³-hybridized carbons (Fsp3) is 0.136. The van der Waals surface area contributed by atoms with E-state index in [1.807, 2.05) is 6.92 Å². The molecule has 3 aromatic rings. The third kappa shape index (κ3) is 3.62. The van der Waals surface area contributed by atoms with E-state index in [0.29, 0.717) is 39.9 Å². The van der Waals surface area contributed by atoms with Crippen LogP contribution in [-0.4, -0.2) is 27.5 Å². The number of fused-ring (bicyclic) bond motifs is 3. The Morgan fingerprint density at radius 2 is 1.77 bits per heavy atom. The van der Waals surface area contributed by atoms with Crippen LogP contribution in [0.1, 0.15) is 6.92 Å². The quantitative estimate of drug-likeness (QED) is 0.628. The Labute approximate surface area is 180 Å². The van der Waals surface area contributed by atoms with Gasteiger partial charge in [0.05, 0.1) is 22.9 Å². The molecular weight excluding hydrogens is 424 g/mol. The maximum absolute atomic E-state index is 13.3. The number of amides is 1. The first-order chi connectivity index (χ1) is 14.4. The largest absolute Gasteiger partial charge is 0.492 e. The van der Waals surface area contributed by atoms with Crippen LogP contribution in [0.3, 0.4) is 0 Å². The minimum absolute atomic E-state index is 0.141. The van der Waals surface area contributed by atoms with E-state index in [1.165, 1.54) is 6.07 Å². The molecule has 3 aromatic carbocycles. The number of rotatable bonds is 5. The van der Waals surface area contributed by atoms with Crippen LogP contribution in [0, 0.1) is 0 Å². The Morgan fingerprint density at radius 3 is 2.57 bits per heavy atom. The van der Waals surface area contributed by atoms with Gasteiger partial charge >= 0.3 is 0 Å². The molecule has 0 saturated carbocycles. The van der Waals surface area contributed by atoms with Gasteiger partial charge in [-0.25, -0.2) is 8.42 Å². The van der Waals surface area contributed by atoms with Crippen molar-refractivity contribution >= 4 is 38.9 Å². The summed E-state index contributed by atoms with van der Waals surface area (Å²) < 4.78 is 33.2. The van der Waals surface area contributed by atoms with E-state index >= 15 is 0 Å². The van der Waals surface area contributed by atoms with Gasteiger partial charge in [-0.05, 0) is 43.3 Å². The number of nitrogens with zero attached hydrogens (tertiary/aromatic N) is 1. The van der Waals surface area contributed by atoms with E-state index in [2.05, 4.69) is 5.32 Å². The lowest BCUT2D eigenvalue weighted by Crippen LogP contribution is -2.40. The predicted molar refractivity (Wildman–Crippen MR) is 118 cm³/mol. The second kappa shape index (κ2) is 8.01. The molecule has 8 heteroatoms. The highest BCUT2D eigenvalue weighted by Crippen LogP contribution is 2.43. The number of para-hydroxylation sites is 2. The normalized spacial score (nSPS) is 13.9. The van der Waals surface area contributed by atoms with Crippen molar-refractivity contribution in [2.75, 3.05) is 22.8 Å². The Balaban J connectivity index is 1.70. The molecule has 154 valence electrons. The molecule has 1 heterocycles. The van der Waals surface area contributed by atoms with Crippen molar-refractivity contribution in [1.82, 2.24) is 0 Å². The van der Waals surface area contributed by atoms with Crippen LogP contribution in [0.4, 0.5) is 11.4 Å². The van der Waals surface area contributed by atoms with Gasteiger partial charge in [0.1, 0.15) is 12.3 Å². The van der Waals surface area contributed by atoms with Gasteiger partial charge in [0.2, 0.25) is 5.91 Å². The number of carbonyl (C=O) groups is 1. The maximum atomic E-state index is 13.3. The molecular formula is C22H19ClN2O4S. The zero-order chi connectivity index (χ0) is 21.3. The summed E-state index contributed by atoms with van der Waals surface area (Å²) in [6.07, 6.45) is 0. The van der Waals surface area contributed by atoms with Gasteiger partial charge in [0.15, 0.2) is 0 Å². The fourth-order valence-corrected chi connectivity index (χ4v) is 5.27. The number of benzene rings is 3. The average Bonchev–Trinajstić information content (AvgIpc) is 2.73. The molecule has 1 amide bonds. The van der Waals surface area contributed by atoms with Crippen LogP contribution in [-0.2, 0) is 14.8 Å². The summed E-state index contributed by atoms with van der Waals surface area (Å²) in [4.78, 5) is 13.0. The third-order valence-corrected chi connectivity index (χ3v) is 6.77. The molecule has 30 heavy (non-hydrogen) atoms. The van der Waals surface area contributed by atoms with Gasteiger partial charge in [-0.3, -0.25) is 9.10 Å². The van der Waals surface area contributed by atoms with Gasteiger partial charge in [0, 0.05) is 16.1 Å². The predicted octanol–water partition coefficient (Wildman–Crippen LogP) is 4.55. The van der Waals surface area contributed by atoms with Crippen molar-refractivity contribution < 1.29 is 17.9 Å². The SMILES string of the molecule is CCOc1ccccc1NC(=O)CN1c2ccc(Cl)cc2-c2ccccc2S1(=O)=O. The van der Waals surface area contributed by atoms with Crippen molar-refractivity contribution in [3.8, 4) is 16.9 Å². The van der Waals surface area contributed by atoms with Crippen LogP contribution < -0.4 is 14.4 Å². The van der Waals surface area contributed by atoms with Gasteiger partial charge in [0.25, 0.3) is 10.0 Å². The molecule has 0 bridgehead atoms. The highest BCUT2D eigenvalue weighted by Gasteiger charge is 2.36. The lowest BCUT2D eigenvalue weighted by Gasteiger charge is -2.31. The van der Waals surface area contributed by atoms with Crippen LogP contribution >= 0.6 is 11.6 Å². The van der Waals surface area contributed by atoms with Crippen LogP contribution in [0.5, 0.6) is 5.75 Å². The highest BCUT2D eigenvalue weighted by molar-refractivity contribution is 7.93. The molecule has 1 N–H and O–H groups in total. The fourth-order valence-electron chi connectivity index (χ4n) is 3.45. The Kier molecular flexibility index (Phi) is 5.40. The molecule has 1 aliphatic rings. The van der Waals surface area contributed by atoms with Crippen molar-refractivity contribution in [1.29, 1.82) is 0 Å². The summed E-state index contributed by atoms with van der Waals surface area (Å²) in [7, 11) is -3.92. The average molecular weight is 443 g/mol. The van der Waals surface area contributed by atoms with Crippen molar-refractivity contribution in [3.05, 3.63) is 71.8 Å². The highest BCUT2D eigenvalue weighted by atomic mass is 35.5. The lowest BCUT2D eigenvalue weighted by molar-refractivity contribution is -0.114. The second-order valence-electron chi connectivity index (χ2n) is 6.65. The number of sulfonamides is 1. The van der Waals surface area contributed by atoms with E-state index in [9.17, 15) is 13.2 Å². The number of halogens is 1. The molecule has 0 fully saturated rings. The second-order valence-corrected chi connectivity index (χ2v) is 8.91. The first-order valence-corrected chi connectivity index (χ1v) is 11.2. The van der Waals surface area contributed by atoms with Gasteiger partial charge in [-0.1, -0.05) is 41.9 Å². The van der Waals surface area contributed by atoms with E-state index in [-0.39, 0.29) is 11.4 Å². The summed E-state index contributed by atoms with van der Waals surface area (Å²) in [5.74, 6) is 0.0402. The molecule has 0 atom stereocenters. The number of carbonyl (C=O) groups excluding carboxylic acids is 1. The van der Waals surface area contributed by atoms with Crippen LogP contribution in [0.15, 0.2) is 71.6 Å². The maximum Gasteiger partial charge on any atom is 0.265 e. The Hall–Kier alpha value is -3.03. The van der Waals surface area contributed by atoms with Crippen molar-refractivity contribution in [3.63, 3.8) is 0 Å². The molecule has 4 rings (SSSR count). The van der Waals surface area contributed by atoms with Crippen LogP contribution in [0.2, 0.25) is 5.02 Å². The van der Waals surface area contributed by atoms with Gasteiger partial charge in [-0.15, -0.1) is 0 Å². The molecule has 6 nitrogen and oxygen atoms in total. The molecule has 1 aliphatic heterocycles. The zero-order valence-electron chi connectivity index (χ0n) is 16.1. The number of hydrogen-bond acceptors (Lipinski definition) is 4. The number of nitrogens with one attached hydrogen (secondary N) is 1. The van der Waals surface area contributed by atoms with E-state index in [0.717, 1.165) is 4.31 Å². The van der Waals surface area contributed by atoms with Crippen LogP contribution in [0.25, 0.3) is 11.1 Å². The summed E-state index contributed by atoms with van der Waals surface area (Å²) in [5.41, 5.74) is 2.12. The Morgan fingerprint density at radius 1 is 1.03 bits per heavy atom. The lowest BCUT2D eigenvalue weighted by atomic mass is 10.0. The third-order valence-electron chi connectivity index (χ3n) is 4.72.